The molecular weight excluding hydrogens is 294 g/mol. The molecule has 3 rings (SSSR count). The number of nitrogens with zero attached hydrogens (tertiary/aromatic N) is 1. The highest BCUT2D eigenvalue weighted by Crippen LogP contribution is 2.27. The Morgan fingerprint density at radius 2 is 2.00 bits per heavy atom. The van der Waals surface area contributed by atoms with E-state index in [1.807, 2.05) is 48.5 Å². The van der Waals surface area contributed by atoms with E-state index >= 15 is 0 Å². The molecule has 0 bridgehead atoms. The molecule has 2 aromatic carbocycles. The number of rotatable bonds is 5. The van der Waals surface area contributed by atoms with Gasteiger partial charge in [0.15, 0.2) is 0 Å². The van der Waals surface area contributed by atoms with E-state index in [0.717, 1.165) is 33.5 Å². The summed E-state index contributed by atoms with van der Waals surface area (Å²) < 4.78 is 3.30. The number of para-hydroxylation sites is 1. The summed E-state index contributed by atoms with van der Waals surface area (Å²) >= 11 is 1.45. The van der Waals surface area contributed by atoms with Crippen molar-refractivity contribution in [3.05, 3.63) is 65.9 Å². The van der Waals surface area contributed by atoms with Gasteiger partial charge in [-0.2, -0.15) is 0 Å². The summed E-state index contributed by atoms with van der Waals surface area (Å²) in [4.78, 5) is 16.4. The number of hydrogen-bond acceptors (Lipinski definition) is 5. The van der Waals surface area contributed by atoms with E-state index in [1.54, 1.807) is 6.07 Å². The van der Waals surface area contributed by atoms with Gasteiger partial charge in [-0.1, -0.05) is 30.3 Å². The fourth-order valence-electron chi connectivity index (χ4n) is 2.15. The van der Waals surface area contributed by atoms with E-state index in [9.17, 15) is 4.79 Å². The van der Waals surface area contributed by atoms with Gasteiger partial charge in [0.2, 0.25) is 0 Å². The topological polar surface area (TPSA) is 68.0 Å². The monoisotopic (exact) mass is 309 g/mol. The molecule has 0 aliphatic heterocycles. The highest BCUT2D eigenvalue weighted by Gasteiger charge is 2.04. The Balaban J connectivity index is 1.88. The van der Waals surface area contributed by atoms with Gasteiger partial charge in [-0.05, 0) is 36.2 Å². The SMILES string of the molecule is NCc1ccc2cccc(NSc3cccc(C=O)c3)c2n1. The maximum absolute atomic E-state index is 10.8. The van der Waals surface area contributed by atoms with Gasteiger partial charge >= 0.3 is 0 Å². The van der Waals surface area contributed by atoms with Crippen LogP contribution in [0.25, 0.3) is 10.9 Å². The van der Waals surface area contributed by atoms with Crippen molar-refractivity contribution >= 4 is 34.8 Å². The van der Waals surface area contributed by atoms with Crippen LogP contribution in [0.4, 0.5) is 5.69 Å². The predicted octanol–water partition coefficient (Wildman–Crippen LogP) is 3.63. The molecule has 0 radical (unpaired) electrons. The lowest BCUT2D eigenvalue weighted by Crippen LogP contribution is -2.00. The fraction of sp³-hybridized carbons (Fsp3) is 0.0588. The van der Waals surface area contributed by atoms with Gasteiger partial charge in [-0.15, -0.1) is 0 Å². The number of aldehydes is 1. The molecule has 1 aromatic heterocycles. The third kappa shape index (κ3) is 3.10. The lowest BCUT2D eigenvalue weighted by atomic mass is 10.2. The van der Waals surface area contributed by atoms with Crippen molar-refractivity contribution in [2.75, 3.05) is 4.72 Å². The van der Waals surface area contributed by atoms with E-state index in [1.165, 1.54) is 11.9 Å². The summed E-state index contributed by atoms with van der Waals surface area (Å²) in [5.41, 5.74) is 9.00. The van der Waals surface area contributed by atoms with E-state index in [2.05, 4.69) is 9.71 Å². The van der Waals surface area contributed by atoms with Gasteiger partial charge in [0, 0.05) is 22.4 Å². The minimum Gasteiger partial charge on any atom is -0.325 e. The lowest BCUT2D eigenvalue weighted by molar-refractivity contribution is 0.112. The molecule has 0 unspecified atom stereocenters. The molecule has 5 heteroatoms. The first-order chi connectivity index (χ1) is 10.8. The molecule has 3 aromatic rings. The maximum Gasteiger partial charge on any atom is 0.150 e. The zero-order valence-corrected chi connectivity index (χ0v) is 12.6. The second-order valence-corrected chi connectivity index (χ2v) is 5.66. The van der Waals surface area contributed by atoms with E-state index < -0.39 is 0 Å². The zero-order chi connectivity index (χ0) is 15.4. The molecular formula is C17H15N3OS. The summed E-state index contributed by atoms with van der Waals surface area (Å²) in [6.45, 7) is 0.415. The van der Waals surface area contributed by atoms with Crippen molar-refractivity contribution in [3.63, 3.8) is 0 Å². The van der Waals surface area contributed by atoms with Crippen LogP contribution in [0.3, 0.4) is 0 Å². The Morgan fingerprint density at radius 3 is 2.82 bits per heavy atom. The van der Waals surface area contributed by atoms with Crippen molar-refractivity contribution in [1.29, 1.82) is 0 Å². The normalized spacial score (nSPS) is 10.6. The first kappa shape index (κ1) is 14.6. The van der Waals surface area contributed by atoms with Crippen LogP contribution in [-0.4, -0.2) is 11.3 Å². The third-order valence-corrected chi connectivity index (χ3v) is 4.07. The number of fused-ring (bicyclic) bond motifs is 1. The molecule has 0 aliphatic rings. The first-order valence-electron chi connectivity index (χ1n) is 6.87. The summed E-state index contributed by atoms with van der Waals surface area (Å²) in [7, 11) is 0. The number of carbonyl (C=O) groups excluding carboxylic acids is 1. The molecule has 110 valence electrons. The number of nitrogens with one attached hydrogen (secondary N) is 1. The van der Waals surface area contributed by atoms with Gasteiger partial charge < -0.3 is 10.5 Å². The summed E-state index contributed by atoms with van der Waals surface area (Å²) in [6, 6.07) is 17.4. The first-order valence-corrected chi connectivity index (χ1v) is 7.68. The minimum absolute atomic E-state index is 0.415. The van der Waals surface area contributed by atoms with Crippen molar-refractivity contribution in [3.8, 4) is 0 Å². The number of anilines is 1. The lowest BCUT2D eigenvalue weighted by Gasteiger charge is -2.09. The maximum atomic E-state index is 10.8. The second-order valence-electron chi connectivity index (χ2n) is 4.78. The van der Waals surface area contributed by atoms with E-state index in [-0.39, 0.29) is 0 Å². The van der Waals surface area contributed by atoms with Crippen molar-refractivity contribution in [2.24, 2.45) is 5.73 Å². The molecule has 3 N–H and O–H groups in total. The number of pyridine rings is 1. The Hall–Kier alpha value is -2.37. The van der Waals surface area contributed by atoms with Crippen LogP contribution in [0, 0.1) is 0 Å². The molecule has 0 amide bonds. The van der Waals surface area contributed by atoms with Crippen LogP contribution < -0.4 is 10.5 Å². The van der Waals surface area contributed by atoms with Crippen LogP contribution in [0.15, 0.2) is 59.5 Å². The minimum atomic E-state index is 0.415. The number of benzene rings is 2. The molecule has 0 atom stereocenters. The Morgan fingerprint density at radius 1 is 1.14 bits per heavy atom. The van der Waals surface area contributed by atoms with E-state index in [4.69, 9.17) is 5.73 Å². The van der Waals surface area contributed by atoms with Crippen molar-refractivity contribution in [1.82, 2.24) is 4.98 Å². The second kappa shape index (κ2) is 6.60. The third-order valence-electron chi connectivity index (χ3n) is 3.26. The standard InChI is InChI=1S/C17H15N3OS/c18-10-14-8-7-13-4-2-6-16(17(13)19-14)20-22-15-5-1-3-12(9-15)11-21/h1-9,11,20H,10,18H2. The Kier molecular flexibility index (Phi) is 4.37. The largest absolute Gasteiger partial charge is 0.325 e. The average Bonchev–Trinajstić information content (AvgIpc) is 2.59. The van der Waals surface area contributed by atoms with Crippen LogP contribution in [0.2, 0.25) is 0 Å². The molecule has 0 fully saturated rings. The predicted molar refractivity (Wildman–Crippen MR) is 90.9 cm³/mol. The van der Waals surface area contributed by atoms with E-state index in [0.29, 0.717) is 12.1 Å². The van der Waals surface area contributed by atoms with Gasteiger partial charge in [-0.3, -0.25) is 4.79 Å². The molecule has 4 nitrogen and oxygen atoms in total. The van der Waals surface area contributed by atoms with Gasteiger partial charge in [0.25, 0.3) is 0 Å². The molecule has 22 heavy (non-hydrogen) atoms. The van der Waals surface area contributed by atoms with Gasteiger partial charge in [-0.25, -0.2) is 4.98 Å². The highest BCUT2D eigenvalue weighted by atomic mass is 32.2. The fourth-order valence-corrected chi connectivity index (χ4v) is 2.88. The smallest absolute Gasteiger partial charge is 0.150 e. The summed E-state index contributed by atoms with van der Waals surface area (Å²) in [6.07, 6.45) is 0.844. The van der Waals surface area contributed by atoms with Crippen LogP contribution in [0.1, 0.15) is 16.1 Å². The molecule has 0 spiro atoms. The van der Waals surface area contributed by atoms with Crippen molar-refractivity contribution < 1.29 is 4.79 Å². The van der Waals surface area contributed by atoms with Crippen molar-refractivity contribution in [2.45, 2.75) is 11.4 Å². The summed E-state index contributed by atoms with van der Waals surface area (Å²) in [5, 5.41) is 1.06. The van der Waals surface area contributed by atoms with Crippen LogP contribution >= 0.6 is 11.9 Å². The number of carbonyl (C=O) groups is 1. The quantitative estimate of drug-likeness (QED) is 0.556. The molecule has 0 saturated heterocycles. The molecule has 1 heterocycles. The van der Waals surface area contributed by atoms with Crippen LogP contribution in [0.5, 0.6) is 0 Å². The number of nitrogens with two attached hydrogens (primary N) is 1. The Bertz CT molecular complexity index is 820. The number of hydrogen-bond donors (Lipinski definition) is 2. The highest BCUT2D eigenvalue weighted by molar-refractivity contribution is 8.00. The molecule has 0 aliphatic carbocycles. The average molecular weight is 309 g/mol. The number of aromatic nitrogens is 1. The Labute approximate surface area is 132 Å². The summed E-state index contributed by atoms with van der Waals surface area (Å²) in [5.74, 6) is 0. The molecule has 0 saturated carbocycles. The van der Waals surface area contributed by atoms with Gasteiger partial charge in [0.1, 0.15) is 6.29 Å². The van der Waals surface area contributed by atoms with Gasteiger partial charge in [0.05, 0.1) is 16.9 Å². The van der Waals surface area contributed by atoms with Crippen LogP contribution in [-0.2, 0) is 6.54 Å². The zero-order valence-electron chi connectivity index (χ0n) is 11.8.